The zero-order chi connectivity index (χ0) is 12.0. The van der Waals surface area contributed by atoms with Crippen molar-refractivity contribution in [1.29, 1.82) is 0 Å². The molecule has 0 bridgehead atoms. The van der Waals surface area contributed by atoms with Crippen LogP contribution in [0.3, 0.4) is 0 Å². The second-order valence-corrected chi connectivity index (χ2v) is 4.11. The third kappa shape index (κ3) is 3.73. The van der Waals surface area contributed by atoms with Crippen LogP contribution in [-0.4, -0.2) is 62.0 Å². The van der Waals surface area contributed by atoms with E-state index >= 15 is 0 Å². The Balaban J connectivity index is 2.43. The molecular formula is C11H21NO4. The third-order valence-electron chi connectivity index (χ3n) is 3.13. The molecule has 1 N–H and O–H groups in total. The summed E-state index contributed by atoms with van der Waals surface area (Å²) in [6.07, 6.45) is 2.65. The Kier molecular flexibility index (Phi) is 5.73. The van der Waals surface area contributed by atoms with Crippen molar-refractivity contribution in [2.24, 2.45) is 0 Å². The first-order valence-electron chi connectivity index (χ1n) is 5.67. The van der Waals surface area contributed by atoms with Crippen molar-refractivity contribution in [3.63, 3.8) is 0 Å². The summed E-state index contributed by atoms with van der Waals surface area (Å²) >= 11 is 0. The summed E-state index contributed by atoms with van der Waals surface area (Å²) in [4.78, 5) is 13.1. The van der Waals surface area contributed by atoms with Gasteiger partial charge in [0.15, 0.2) is 0 Å². The first-order valence-corrected chi connectivity index (χ1v) is 5.67. The molecule has 1 aliphatic rings. The van der Waals surface area contributed by atoms with E-state index in [9.17, 15) is 4.79 Å². The van der Waals surface area contributed by atoms with E-state index in [0.29, 0.717) is 13.0 Å². The van der Waals surface area contributed by atoms with Gasteiger partial charge < -0.3 is 14.6 Å². The van der Waals surface area contributed by atoms with Crippen molar-refractivity contribution >= 4 is 5.97 Å². The lowest BCUT2D eigenvalue weighted by Gasteiger charge is -2.35. The Hall–Kier alpha value is -0.650. The van der Waals surface area contributed by atoms with Gasteiger partial charge in [0.25, 0.3) is 0 Å². The summed E-state index contributed by atoms with van der Waals surface area (Å²) < 4.78 is 10.2. The predicted octanol–water partition coefficient (Wildman–Crippen LogP) is 0.587. The molecule has 0 spiro atoms. The predicted molar refractivity (Wildman–Crippen MR) is 59.5 cm³/mol. The molecule has 5 heteroatoms. The Bertz CT molecular complexity index is 214. The van der Waals surface area contributed by atoms with E-state index in [1.165, 1.54) is 0 Å². The number of methoxy groups -OCH3 is 2. The molecule has 0 aromatic heterocycles. The normalized spacial score (nSPS) is 20.9. The van der Waals surface area contributed by atoms with E-state index < -0.39 is 12.0 Å². The van der Waals surface area contributed by atoms with Crippen molar-refractivity contribution in [3.05, 3.63) is 0 Å². The van der Waals surface area contributed by atoms with Crippen LogP contribution in [0, 0.1) is 0 Å². The zero-order valence-electron chi connectivity index (χ0n) is 10.0. The molecule has 0 saturated carbocycles. The van der Waals surface area contributed by atoms with Crippen LogP contribution in [0.5, 0.6) is 0 Å². The maximum absolute atomic E-state index is 11.1. The van der Waals surface area contributed by atoms with Gasteiger partial charge in [-0.15, -0.1) is 0 Å². The molecule has 1 saturated heterocycles. The third-order valence-corrected chi connectivity index (χ3v) is 3.13. The van der Waals surface area contributed by atoms with Crippen LogP contribution in [-0.2, 0) is 14.3 Å². The first-order chi connectivity index (χ1) is 7.69. The Morgan fingerprint density at radius 1 is 1.44 bits per heavy atom. The number of carboxylic acids is 1. The molecule has 5 nitrogen and oxygen atoms in total. The molecule has 1 rings (SSSR count). The summed E-state index contributed by atoms with van der Waals surface area (Å²) in [5.41, 5.74) is 0. The van der Waals surface area contributed by atoms with Crippen LogP contribution in [0.2, 0.25) is 0 Å². The number of ether oxygens (including phenoxy) is 2. The number of hydrogen-bond acceptors (Lipinski definition) is 4. The number of carboxylic acid groups (broad SMARTS) is 1. The molecule has 16 heavy (non-hydrogen) atoms. The SMILES string of the molecule is COCCC(C(=O)O)N1CCC(OC)CC1. The minimum atomic E-state index is -0.757. The lowest BCUT2D eigenvalue weighted by atomic mass is 10.0. The van der Waals surface area contributed by atoms with E-state index in [1.54, 1.807) is 14.2 Å². The summed E-state index contributed by atoms with van der Waals surface area (Å²) in [6, 6.07) is -0.419. The maximum Gasteiger partial charge on any atom is 0.321 e. The molecule has 0 aromatic rings. The number of piperidine rings is 1. The van der Waals surface area contributed by atoms with Crippen LogP contribution in [0.25, 0.3) is 0 Å². The van der Waals surface area contributed by atoms with Gasteiger partial charge in [0.2, 0.25) is 0 Å². The van der Waals surface area contributed by atoms with Gasteiger partial charge in [-0.1, -0.05) is 0 Å². The zero-order valence-corrected chi connectivity index (χ0v) is 10.0. The van der Waals surface area contributed by atoms with Crippen LogP contribution in [0.1, 0.15) is 19.3 Å². The van der Waals surface area contributed by atoms with E-state index in [1.807, 2.05) is 4.90 Å². The molecule has 0 aromatic carbocycles. The topological polar surface area (TPSA) is 59.0 Å². The van der Waals surface area contributed by atoms with E-state index in [0.717, 1.165) is 25.9 Å². The van der Waals surface area contributed by atoms with Gasteiger partial charge in [0, 0.05) is 33.9 Å². The molecule has 1 heterocycles. The average Bonchev–Trinajstić information content (AvgIpc) is 2.30. The van der Waals surface area contributed by atoms with Crippen molar-refractivity contribution in [1.82, 2.24) is 4.90 Å². The highest BCUT2D eigenvalue weighted by Crippen LogP contribution is 2.17. The average molecular weight is 231 g/mol. The molecule has 0 amide bonds. The minimum absolute atomic E-state index is 0.285. The summed E-state index contributed by atoms with van der Waals surface area (Å²) in [5, 5.41) is 9.15. The Morgan fingerprint density at radius 2 is 2.06 bits per heavy atom. The summed E-state index contributed by atoms with van der Waals surface area (Å²) in [7, 11) is 3.30. The van der Waals surface area contributed by atoms with E-state index in [-0.39, 0.29) is 6.10 Å². The van der Waals surface area contributed by atoms with Crippen molar-refractivity contribution in [2.45, 2.75) is 31.4 Å². The lowest BCUT2D eigenvalue weighted by Crippen LogP contribution is -2.47. The van der Waals surface area contributed by atoms with Gasteiger partial charge in [-0.25, -0.2) is 0 Å². The fraction of sp³-hybridized carbons (Fsp3) is 0.909. The van der Waals surface area contributed by atoms with Gasteiger partial charge in [0.1, 0.15) is 6.04 Å². The highest BCUT2D eigenvalue weighted by Gasteiger charge is 2.29. The fourth-order valence-electron chi connectivity index (χ4n) is 2.11. The van der Waals surface area contributed by atoms with Crippen molar-refractivity contribution < 1.29 is 19.4 Å². The smallest absolute Gasteiger partial charge is 0.321 e. The number of hydrogen-bond donors (Lipinski definition) is 1. The number of rotatable bonds is 6. The highest BCUT2D eigenvalue weighted by atomic mass is 16.5. The van der Waals surface area contributed by atoms with Crippen LogP contribution >= 0.6 is 0 Å². The molecule has 0 radical (unpaired) electrons. The van der Waals surface area contributed by atoms with Gasteiger partial charge in [-0.2, -0.15) is 0 Å². The van der Waals surface area contributed by atoms with Gasteiger partial charge in [-0.05, 0) is 19.3 Å². The lowest BCUT2D eigenvalue weighted by molar-refractivity contribution is -0.145. The Labute approximate surface area is 96.3 Å². The molecule has 0 aliphatic carbocycles. The summed E-state index contributed by atoms with van der Waals surface area (Å²) in [5.74, 6) is -0.757. The monoisotopic (exact) mass is 231 g/mol. The van der Waals surface area contributed by atoms with Gasteiger partial charge in [0.05, 0.1) is 6.10 Å². The molecular weight excluding hydrogens is 210 g/mol. The summed E-state index contributed by atoms with van der Waals surface area (Å²) in [6.45, 7) is 2.07. The largest absolute Gasteiger partial charge is 0.480 e. The number of aliphatic carboxylic acids is 1. The number of likely N-dealkylation sites (tertiary alicyclic amines) is 1. The second-order valence-electron chi connectivity index (χ2n) is 4.11. The van der Waals surface area contributed by atoms with Crippen LogP contribution in [0.15, 0.2) is 0 Å². The molecule has 94 valence electrons. The maximum atomic E-state index is 11.1. The molecule has 1 unspecified atom stereocenters. The number of nitrogens with zero attached hydrogens (tertiary/aromatic N) is 1. The second kappa shape index (κ2) is 6.83. The quantitative estimate of drug-likeness (QED) is 0.725. The standard InChI is InChI=1S/C11H21NO4/c1-15-8-5-10(11(13)14)12-6-3-9(16-2)4-7-12/h9-10H,3-8H2,1-2H3,(H,13,14). The highest BCUT2D eigenvalue weighted by molar-refractivity contribution is 5.73. The van der Waals surface area contributed by atoms with Gasteiger partial charge >= 0.3 is 5.97 Å². The van der Waals surface area contributed by atoms with Crippen molar-refractivity contribution in [3.8, 4) is 0 Å². The fourth-order valence-corrected chi connectivity index (χ4v) is 2.11. The van der Waals surface area contributed by atoms with Gasteiger partial charge in [-0.3, -0.25) is 9.69 Å². The van der Waals surface area contributed by atoms with E-state index in [4.69, 9.17) is 14.6 Å². The first kappa shape index (κ1) is 13.4. The molecule has 1 fully saturated rings. The van der Waals surface area contributed by atoms with Crippen molar-refractivity contribution in [2.75, 3.05) is 33.9 Å². The Morgan fingerprint density at radius 3 is 2.50 bits per heavy atom. The minimum Gasteiger partial charge on any atom is -0.480 e. The van der Waals surface area contributed by atoms with Crippen LogP contribution < -0.4 is 0 Å². The molecule has 1 aliphatic heterocycles. The number of carbonyl (C=O) groups is 1. The van der Waals surface area contributed by atoms with E-state index in [2.05, 4.69) is 0 Å². The molecule has 1 atom stereocenters. The van der Waals surface area contributed by atoms with Crippen LogP contribution in [0.4, 0.5) is 0 Å².